The minimum atomic E-state index is -0.588. The Balaban J connectivity index is 1.93. The van der Waals surface area contributed by atoms with E-state index >= 15 is 0 Å². The molecule has 1 aliphatic rings. The molecule has 0 saturated carbocycles. The summed E-state index contributed by atoms with van der Waals surface area (Å²) in [7, 11) is 0. The molecule has 1 fully saturated rings. The predicted octanol–water partition coefficient (Wildman–Crippen LogP) is 4.47. The van der Waals surface area contributed by atoms with Gasteiger partial charge in [0.1, 0.15) is 11.6 Å². The van der Waals surface area contributed by atoms with Crippen LogP contribution in [0.4, 0.5) is 8.78 Å². The van der Waals surface area contributed by atoms with Crippen LogP contribution in [-0.4, -0.2) is 6.61 Å². The summed E-state index contributed by atoms with van der Waals surface area (Å²) in [5.74, 6) is -1.16. The molecule has 0 bridgehead atoms. The van der Waals surface area contributed by atoms with E-state index in [4.69, 9.17) is 16.3 Å². The molecule has 1 heterocycles. The number of ether oxygens (including phenoxy) is 1. The molecule has 2 aromatic rings. The van der Waals surface area contributed by atoms with Crippen molar-refractivity contribution in [3.05, 3.63) is 70.2 Å². The molecule has 2 aromatic carbocycles. The van der Waals surface area contributed by atoms with Gasteiger partial charge in [0.2, 0.25) is 0 Å². The lowest BCUT2D eigenvalue weighted by atomic mass is 9.85. The highest BCUT2D eigenvalue weighted by Gasteiger charge is 2.37. The van der Waals surface area contributed by atoms with Gasteiger partial charge in [-0.25, -0.2) is 8.78 Å². The standard InChI is InChI=1S/C15H11ClF2O/c16-13-4-2-1-3-10(13)12-8-19-15(12)11-6-5-9(17)7-14(11)18/h1-7,12,15H,8H2/t12?,15-/m0/s1. The Morgan fingerprint density at radius 2 is 1.84 bits per heavy atom. The summed E-state index contributed by atoms with van der Waals surface area (Å²) >= 11 is 6.14. The van der Waals surface area contributed by atoms with Crippen LogP contribution in [-0.2, 0) is 4.74 Å². The van der Waals surface area contributed by atoms with Crippen LogP contribution in [0.3, 0.4) is 0 Å². The van der Waals surface area contributed by atoms with Gasteiger partial charge in [-0.1, -0.05) is 35.9 Å². The third kappa shape index (κ3) is 2.24. The second-order valence-electron chi connectivity index (χ2n) is 4.55. The third-order valence-electron chi connectivity index (χ3n) is 3.39. The van der Waals surface area contributed by atoms with Gasteiger partial charge in [-0.15, -0.1) is 0 Å². The summed E-state index contributed by atoms with van der Waals surface area (Å²) in [6.07, 6.45) is -0.402. The first kappa shape index (κ1) is 12.6. The van der Waals surface area contributed by atoms with Gasteiger partial charge >= 0.3 is 0 Å². The maximum atomic E-state index is 13.8. The van der Waals surface area contributed by atoms with Gasteiger partial charge in [-0.3, -0.25) is 0 Å². The average Bonchev–Trinajstić information content (AvgIpc) is 2.34. The molecule has 1 aliphatic heterocycles. The fourth-order valence-corrected chi connectivity index (χ4v) is 2.63. The maximum Gasteiger partial charge on any atom is 0.131 e. The highest BCUT2D eigenvalue weighted by atomic mass is 35.5. The predicted molar refractivity (Wildman–Crippen MR) is 69.2 cm³/mol. The topological polar surface area (TPSA) is 9.23 Å². The van der Waals surface area contributed by atoms with Gasteiger partial charge in [-0.05, 0) is 17.7 Å². The first-order chi connectivity index (χ1) is 9.16. The molecule has 0 aliphatic carbocycles. The lowest BCUT2D eigenvalue weighted by molar-refractivity contribution is -0.0813. The summed E-state index contributed by atoms with van der Waals surface area (Å²) in [5.41, 5.74) is 1.31. The van der Waals surface area contributed by atoms with Crippen LogP contribution in [0.15, 0.2) is 42.5 Å². The third-order valence-corrected chi connectivity index (χ3v) is 3.74. The van der Waals surface area contributed by atoms with E-state index in [9.17, 15) is 8.78 Å². The van der Waals surface area contributed by atoms with Crippen molar-refractivity contribution in [2.75, 3.05) is 6.61 Å². The van der Waals surface area contributed by atoms with Crippen LogP contribution < -0.4 is 0 Å². The fourth-order valence-electron chi connectivity index (χ4n) is 2.36. The van der Waals surface area contributed by atoms with Crippen LogP contribution in [0.25, 0.3) is 0 Å². The Bertz CT molecular complexity index is 615. The molecule has 1 saturated heterocycles. The lowest BCUT2D eigenvalue weighted by Crippen LogP contribution is -2.31. The molecule has 0 aromatic heterocycles. The van der Waals surface area contributed by atoms with E-state index in [0.717, 1.165) is 11.6 Å². The summed E-state index contributed by atoms with van der Waals surface area (Å²) in [4.78, 5) is 0. The monoisotopic (exact) mass is 280 g/mol. The van der Waals surface area contributed by atoms with Crippen LogP contribution >= 0.6 is 11.6 Å². The van der Waals surface area contributed by atoms with E-state index in [2.05, 4.69) is 0 Å². The van der Waals surface area contributed by atoms with Gasteiger partial charge in [0, 0.05) is 22.6 Å². The minimum absolute atomic E-state index is 0.00802. The molecule has 1 nitrogen and oxygen atoms in total. The number of benzene rings is 2. The van der Waals surface area contributed by atoms with Gasteiger partial charge in [-0.2, -0.15) is 0 Å². The number of hydrogen-bond acceptors (Lipinski definition) is 1. The number of hydrogen-bond donors (Lipinski definition) is 0. The van der Waals surface area contributed by atoms with Gasteiger partial charge in [0.05, 0.1) is 12.7 Å². The molecule has 0 N–H and O–H groups in total. The molecule has 3 rings (SSSR count). The first-order valence-corrected chi connectivity index (χ1v) is 6.35. The molecule has 0 radical (unpaired) electrons. The normalized spacial score (nSPS) is 22.1. The molecule has 0 amide bonds. The van der Waals surface area contributed by atoms with Crippen molar-refractivity contribution in [3.8, 4) is 0 Å². The average molecular weight is 281 g/mol. The summed E-state index contributed by atoms with van der Waals surface area (Å²) in [6, 6.07) is 11.0. The fraction of sp³-hybridized carbons (Fsp3) is 0.200. The SMILES string of the molecule is Fc1ccc([C@@H]2OCC2c2ccccc2Cl)c(F)c1. The molecule has 1 unspecified atom stereocenters. The zero-order valence-electron chi connectivity index (χ0n) is 9.95. The highest BCUT2D eigenvalue weighted by Crippen LogP contribution is 2.45. The van der Waals surface area contributed by atoms with Crippen LogP contribution in [0.5, 0.6) is 0 Å². The Morgan fingerprint density at radius 1 is 1.05 bits per heavy atom. The second kappa shape index (κ2) is 4.91. The highest BCUT2D eigenvalue weighted by molar-refractivity contribution is 6.31. The molecule has 2 atom stereocenters. The van der Waals surface area contributed by atoms with Crippen LogP contribution in [0.2, 0.25) is 5.02 Å². The van der Waals surface area contributed by atoms with Crippen LogP contribution in [0.1, 0.15) is 23.1 Å². The van der Waals surface area contributed by atoms with E-state index in [1.807, 2.05) is 18.2 Å². The van der Waals surface area contributed by atoms with Crippen molar-refractivity contribution in [2.24, 2.45) is 0 Å². The Hall–Kier alpha value is -1.45. The summed E-state index contributed by atoms with van der Waals surface area (Å²) in [6.45, 7) is 0.491. The minimum Gasteiger partial charge on any atom is -0.372 e. The molecule has 19 heavy (non-hydrogen) atoms. The molecule has 4 heteroatoms. The largest absolute Gasteiger partial charge is 0.372 e. The Kier molecular flexibility index (Phi) is 3.25. The zero-order valence-corrected chi connectivity index (χ0v) is 10.7. The van der Waals surface area contributed by atoms with Crippen molar-refractivity contribution < 1.29 is 13.5 Å². The lowest BCUT2D eigenvalue weighted by Gasteiger charge is -2.38. The Labute approximate surface area is 114 Å². The smallest absolute Gasteiger partial charge is 0.131 e. The van der Waals surface area contributed by atoms with E-state index in [-0.39, 0.29) is 5.92 Å². The zero-order chi connectivity index (χ0) is 13.4. The van der Waals surface area contributed by atoms with E-state index < -0.39 is 17.7 Å². The molecular formula is C15H11ClF2O. The maximum absolute atomic E-state index is 13.8. The summed E-state index contributed by atoms with van der Waals surface area (Å²) in [5, 5.41) is 0.642. The Morgan fingerprint density at radius 3 is 2.47 bits per heavy atom. The van der Waals surface area contributed by atoms with Crippen molar-refractivity contribution in [2.45, 2.75) is 12.0 Å². The molecule has 0 spiro atoms. The number of halogens is 3. The van der Waals surface area contributed by atoms with Gasteiger partial charge < -0.3 is 4.74 Å². The summed E-state index contributed by atoms with van der Waals surface area (Å²) < 4.78 is 32.1. The van der Waals surface area contributed by atoms with Crippen molar-refractivity contribution in [1.29, 1.82) is 0 Å². The second-order valence-corrected chi connectivity index (χ2v) is 4.95. The molecular weight excluding hydrogens is 270 g/mol. The quantitative estimate of drug-likeness (QED) is 0.788. The van der Waals surface area contributed by atoms with Gasteiger partial charge in [0.25, 0.3) is 0 Å². The van der Waals surface area contributed by atoms with E-state index in [1.54, 1.807) is 6.07 Å². The van der Waals surface area contributed by atoms with Gasteiger partial charge in [0.15, 0.2) is 0 Å². The van der Waals surface area contributed by atoms with Crippen LogP contribution in [0, 0.1) is 11.6 Å². The van der Waals surface area contributed by atoms with Crippen molar-refractivity contribution in [1.82, 2.24) is 0 Å². The first-order valence-electron chi connectivity index (χ1n) is 5.98. The van der Waals surface area contributed by atoms with Crippen molar-refractivity contribution in [3.63, 3.8) is 0 Å². The van der Waals surface area contributed by atoms with Crippen molar-refractivity contribution >= 4 is 11.6 Å². The number of rotatable bonds is 2. The molecule has 98 valence electrons. The van der Waals surface area contributed by atoms with E-state index in [1.165, 1.54) is 12.1 Å². The van der Waals surface area contributed by atoms with E-state index in [0.29, 0.717) is 17.2 Å².